The second kappa shape index (κ2) is 3.68. The van der Waals surface area contributed by atoms with E-state index in [0.29, 0.717) is 17.4 Å². The summed E-state index contributed by atoms with van der Waals surface area (Å²) in [5, 5.41) is 0. The molecule has 2 aromatic heterocycles. The summed E-state index contributed by atoms with van der Waals surface area (Å²) in [5.41, 5.74) is 6.58. The molecule has 0 atom stereocenters. The van der Waals surface area contributed by atoms with Crippen LogP contribution < -0.4 is 5.73 Å². The molecular formula is C10H12N4O. The molecule has 0 aliphatic carbocycles. The minimum Gasteiger partial charge on any atom is -0.461 e. The van der Waals surface area contributed by atoms with Crippen LogP contribution in [0.1, 0.15) is 18.3 Å². The van der Waals surface area contributed by atoms with Gasteiger partial charge in [0, 0.05) is 6.42 Å². The van der Waals surface area contributed by atoms with Gasteiger partial charge in [-0.3, -0.25) is 0 Å². The van der Waals surface area contributed by atoms with Gasteiger partial charge in [-0.15, -0.1) is 0 Å². The highest BCUT2D eigenvalue weighted by Crippen LogP contribution is 2.20. The van der Waals surface area contributed by atoms with Crippen LogP contribution in [0.3, 0.4) is 0 Å². The lowest BCUT2D eigenvalue weighted by atomic mass is 10.2. The first-order valence-corrected chi connectivity index (χ1v) is 4.75. The number of rotatable bonds is 2. The number of hydrogen-bond acceptors (Lipinski definition) is 5. The number of anilines is 1. The molecule has 5 nitrogen and oxygen atoms in total. The molecule has 0 aromatic carbocycles. The van der Waals surface area contributed by atoms with Gasteiger partial charge in [0.2, 0.25) is 11.8 Å². The summed E-state index contributed by atoms with van der Waals surface area (Å²) >= 11 is 0. The van der Waals surface area contributed by atoms with E-state index in [1.165, 1.54) is 0 Å². The lowest BCUT2D eigenvalue weighted by Gasteiger charge is -2.01. The van der Waals surface area contributed by atoms with Crippen LogP contribution in [0.15, 0.2) is 16.7 Å². The van der Waals surface area contributed by atoms with Crippen molar-refractivity contribution >= 4 is 5.95 Å². The second-order valence-electron chi connectivity index (χ2n) is 3.22. The Bertz CT molecular complexity index is 478. The third kappa shape index (κ3) is 1.81. The fraction of sp³-hybridized carbons (Fsp3) is 0.300. The van der Waals surface area contributed by atoms with Crippen molar-refractivity contribution in [3.8, 4) is 11.6 Å². The lowest BCUT2D eigenvalue weighted by molar-refractivity contribution is 0.574. The van der Waals surface area contributed by atoms with Crippen LogP contribution >= 0.6 is 0 Å². The van der Waals surface area contributed by atoms with E-state index in [4.69, 9.17) is 10.2 Å². The van der Waals surface area contributed by atoms with Crippen molar-refractivity contribution in [2.75, 3.05) is 5.73 Å². The average molecular weight is 204 g/mol. The van der Waals surface area contributed by atoms with E-state index in [2.05, 4.69) is 15.0 Å². The first kappa shape index (κ1) is 9.64. The number of nitrogens with zero attached hydrogens (tertiary/aromatic N) is 3. The van der Waals surface area contributed by atoms with Gasteiger partial charge in [-0.1, -0.05) is 6.92 Å². The fourth-order valence-electron chi connectivity index (χ4n) is 1.30. The van der Waals surface area contributed by atoms with Gasteiger partial charge in [-0.25, -0.2) is 4.98 Å². The molecule has 0 unspecified atom stereocenters. The van der Waals surface area contributed by atoms with E-state index in [0.717, 1.165) is 12.0 Å². The average Bonchev–Trinajstić information content (AvgIpc) is 2.63. The largest absolute Gasteiger partial charge is 0.461 e. The number of hydrogen-bond donors (Lipinski definition) is 1. The third-order valence-electron chi connectivity index (χ3n) is 2.08. The first-order valence-electron chi connectivity index (χ1n) is 4.75. The van der Waals surface area contributed by atoms with E-state index >= 15 is 0 Å². The van der Waals surface area contributed by atoms with Crippen LogP contribution in [0.4, 0.5) is 5.95 Å². The molecule has 0 aliphatic rings. The molecule has 0 fully saturated rings. The van der Waals surface area contributed by atoms with Crippen LogP contribution in [-0.4, -0.2) is 15.0 Å². The molecule has 0 bridgehead atoms. The van der Waals surface area contributed by atoms with E-state index in [1.807, 2.05) is 19.9 Å². The lowest BCUT2D eigenvalue weighted by Crippen LogP contribution is -2.04. The molecule has 2 N–H and O–H groups in total. The molecule has 78 valence electrons. The highest BCUT2D eigenvalue weighted by atomic mass is 16.3. The zero-order chi connectivity index (χ0) is 10.8. The van der Waals surface area contributed by atoms with Crippen molar-refractivity contribution in [3.63, 3.8) is 0 Å². The number of furan rings is 1. The van der Waals surface area contributed by atoms with E-state index in [9.17, 15) is 0 Å². The van der Waals surface area contributed by atoms with Crippen LogP contribution in [0.5, 0.6) is 0 Å². The Morgan fingerprint density at radius 1 is 1.33 bits per heavy atom. The highest BCUT2D eigenvalue weighted by Gasteiger charge is 2.11. The minimum atomic E-state index is 0.229. The molecule has 2 aromatic rings. The maximum Gasteiger partial charge on any atom is 0.223 e. The van der Waals surface area contributed by atoms with Crippen LogP contribution in [0.25, 0.3) is 11.6 Å². The molecule has 5 heteroatoms. The molecule has 2 heterocycles. The summed E-state index contributed by atoms with van der Waals surface area (Å²) in [6.07, 6.45) is 2.33. The number of aromatic nitrogens is 3. The monoisotopic (exact) mass is 204 g/mol. The van der Waals surface area contributed by atoms with Gasteiger partial charge >= 0.3 is 0 Å². The van der Waals surface area contributed by atoms with Crippen molar-refractivity contribution in [2.45, 2.75) is 20.3 Å². The van der Waals surface area contributed by atoms with Crippen LogP contribution in [0, 0.1) is 6.92 Å². The van der Waals surface area contributed by atoms with E-state index < -0.39 is 0 Å². The second-order valence-corrected chi connectivity index (χ2v) is 3.22. The SMILES string of the molecule is CCc1nc(N)nc(-c2occc2C)n1. The van der Waals surface area contributed by atoms with Crippen molar-refractivity contribution in [2.24, 2.45) is 0 Å². The van der Waals surface area contributed by atoms with Gasteiger partial charge in [-0.05, 0) is 18.6 Å². The van der Waals surface area contributed by atoms with Gasteiger partial charge in [0.25, 0.3) is 0 Å². The number of nitrogen functional groups attached to an aromatic ring is 1. The van der Waals surface area contributed by atoms with Crippen LogP contribution in [-0.2, 0) is 6.42 Å². The predicted molar refractivity (Wildman–Crippen MR) is 56.1 cm³/mol. The van der Waals surface area contributed by atoms with E-state index in [1.54, 1.807) is 6.26 Å². The molecule has 15 heavy (non-hydrogen) atoms. The van der Waals surface area contributed by atoms with Gasteiger partial charge in [0.15, 0.2) is 5.76 Å². The summed E-state index contributed by atoms with van der Waals surface area (Å²) in [6.45, 7) is 3.90. The molecular weight excluding hydrogens is 192 g/mol. The van der Waals surface area contributed by atoms with Crippen molar-refractivity contribution in [1.82, 2.24) is 15.0 Å². The van der Waals surface area contributed by atoms with Crippen molar-refractivity contribution in [3.05, 3.63) is 23.7 Å². The van der Waals surface area contributed by atoms with Gasteiger partial charge in [0.05, 0.1) is 6.26 Å². The topological polar surface area (TPSA) is 77.8 Å². The Labute approximate surface area is 87.4 Å². The Hall–Kier alpha value is -1.91. The zero-order valence-corrected chi connectivity index (χ0v) is 8.69. The minimum absolute atomic E-state index is 0.229. The van der Waals surface area contributed by atoms with Gasteiger partial charge in [-0.2, -0.15) is 9.97 Å². The zero-order valence-electron chi connectivity index (χ0n) is 8.69. The third-order valence-corrected chi connectivity index (χ3v) is 2.08. The first-order chi connectivity index (χ1) is 7.20. The molecule has 0 radical (unpaired) electrons. The standard InChI is InChI=1S/C10H12N4O/c1-3-7-12-9(14-10(11)13-7)8-6(2)4-5-15-8/h4-5H,3H2,1-2H3,(H2,11,12,13,14). The maximum atomic E-state index is 5.59. The fourth-order valence-corrected chi connectivity index (χ4v) is 1.30. The molecule has 2 rings (SSSR count). The number of nitrogens with two attached hydrogens (primary N) is 1. The summed E-state index contributed by atoms with van der Waals surface area (Å²) in [4.78, 5) is 12.3. The molecule has 0 saturated carbocycles. The van der Waals surface area contributed by atoms with Crippen molar-refractivity contribution < 1.29 is 4.42 Å². The quantitative estimate of drug-likeness (QED) is 0.803. The predicted octanol–water partition coefficient (Wildman–Crippen LogP) is 1.58. The molecule has 0 amide bonds. The summed E-state index contributed by atoms with van der Waals surface area (Å²) in [7, 11) is 0. The van der Waals surface area contributed by atoms with Crippen molar-refractivity contribution in [1.29, 1.82) is 0 Å². The van der Waals surface area contributed by atoms with Crippen LogP contribution in [0.2, 0.25) is 0 Å². The normalized spacial score (nSPS) is 10.5. The number of aryl methyl sites for hydroxylation is 2. The summed E-state index contributed by atoms with van der Waals surface area (Å²) in [5.74, 6) is 2.06. The Morgan fingerprint density at radius 2 is 2.13 bits per heavy atom. The van der Waals surface area contributed by atoms with Gasteiger partial charge in [0.1, 0.15) is 5.82 Å². The Kier molecular flexibility index (Phi) is 2.37. The summed E-state index contributed by atoms with van der Waals surface area (Å²) < 4.78 is 5.30. The summed E-state index contributed by atoms with van der Waals surface area (Å²) in [6, 6.07) is 1.86. The smallest absolute Gasteiger partial charge is 0.223 e. The Balaban J connectivity index is 2.53. The highest BCUT2D eigenvalue weighted by molar-refractivity contribution is 5.52. The molecule has 0 spiro atoms. The maximum absolute atomic E-state index is 5.59. The van der Waals surface area contributed by atoms with Gasteiger partial charge < -0.3 is 10.2 Å². The Morgan fingerprint density at radius 3 is 2.73 bits per heavy atom. The van der Waals surface area contributed by atoms with E-state index in [-0.39, 0.29) is 5.95 Å². The molecule has 0 saturated heterocycles. The molecule has 0 aliphatic heterocycles.